The lowest BCUT2D eigenvalue weighted by atomic mass is 9.80. The molecule has 3 aromatic rings. The molecule has 0 saturated carbocycles. The summed E-state index contributed by atoms with van der Waals surface area (Å²) in [5.41, 5.74) is 1.54. The Morgan fingerprint density at radius 1 is 1.00 bits per heavy atom. The van der Waals surface area contributed by atoms with Gasteiger partial charge in [-0.2, -0.15) is 0 Å². The molecule has 206 valence electrons. The first kappa shape index (κ1) is 28.4. The molecule has 2 atom stereocenters. The Kier molecular flexibility index (Phi) is 8.75. The van der Waals surface area contributed by atoms with Gasteiger partial charge in [0.15, 0.2) is 0 Å². The second-order valence-electron chi connectivity index (χ2n) is 9.99. The van der Waals surface area contributed by atoms with Crippen molar-refractivity contribution in [2.45, 2.75) is 68.8 Å². The Labute approximate surface area is 229 Å². The zero-order chi connectivity index (χ0) is 28.0. The minimum atomic E-state index is -3.95. The van der Waals surface area contributed by atoms with Gasteiger partial charge in [-0.1, -0.05) is 62.7 Å². The molecule has 1 heterocycles. The molecule has 2 N–H and O–H groups in total. The van der Waals surface area contributed by atoms with E-state index in [2.05, 4.69) is 4.72 Å². The highest BCUT2D eigenvalue weighted by atomic mass is 32.2. The molecule has 1 aliphatic rings. The first-order chi connectivity index (χ1) is 18.7. The number of ether oxygens (including phenoxy) is 1. The summed E-state index contributed by atoms with van der Waals surface area (Å²) in [6, 6.07) is 21.3. The topological polar surface area (TPSA) is 92.7 Å². The monoisotopic (exact) mass is 551 g/mol. The van der Waals surface area contributed by atoms with E-state index >= 15 is 0 Å². The number of hydrogen-bond acceptors (Lipinski definition) is 5. The summed E-state index contributed by atoms with van der Waals surface area (Å²) in [4.78, 5) is 13.4. The molecular formula is C31H34FNO5S. The molecule has 0 bridgehead atoms. The Bertz CT molecular complexity index is 1440. The van der Waals surface area contributed by atoms with E-state index in [-0.39, 0.29) is 22.6 Å². The number of cyclic esters (lactones) is 1. The molecule has 6 nitrogen and oxygen atoms in total. The summed E-state index contributed by atoms with van der Waals surface area (Å²) in [5.74, 6) is -1.53. The van der Waals surface area contributed by atoms with Gasteiger partial charge in [0.2, 0.25) is 0 Å². The van der Waals surface area contributed by atoms with Crippen molar-refractivity contribution in [1.29, 1.82) is 0 Å². The van der Waals surface area contributed by atoms with Gasteiger partial charge in [0, 0.05) is 18.0 Å². The van der Waals surface area contributed by atoms with Crippen LogP contribution in [0.4, 0.5) is 10.1 Å². The van der Waals surface area contributed by atoms with E-state index in [1.54, 1.807) is 24.3 Å². The van der Waals surface area contributed by atoms with Crippen molar-refractivity contribution in [3.63, 3.8) is 0 Å². The molecule has 0 amide bonds. The van der Waals surface area contributed by atoms with Crippen LogP contribution in [0.25, 0.3) is 0 Å². The van der Waals surface area contributed by atoms with Gasteiger partial charge in [-0.15, -0.1) is 0 Å². The number of aliphatic hydroxyl groups excluding tert-OH is 1. The van der Waals surface area contributed by atoms with Crippen molar-refractivity contribution < 1.29 is 27.4 Å². The van der Waals surface area contributed by atoms with Gasteiger partial charge in [-0.25, -0.2) is 17.6 Å². The van der Waals surface area contributed by atoms with E-state index in [0.29, 0.717) is 30.5 Å². The molecule has 8 heteroatoms. The summed E-state index contributed by atoms with van der Waals surface area (Å²) in [6.07, 6.45) is 3.50. The van der Waals surface area contributed by atoms with E-state index in [4.69, 9.17) is 4.74 Å². The van der Waals surface area contributed by atoms with Gasteiger partial charge >= 0.3 is 5.97 Å². The Morgan fingerprint density at radius 3 is 2.36 bits per heavy atom. The predicted octanol–water partition coefficient (Wildman–Crippen LogP) is 7.05. The third kappa shape index (κ3) is 6.68. The van der Waals surface area contributed by atoms with Crippen LogP contribution in [-0.2, 0) is 26.0 Å². The van der Waals surface area contributed by atoms with Crippen LogP contribution >= 0.6 is 0 Å². The van der Waals surface area contributed by atoms with Crippen LogP contribution in [-0.4, -0.2) is 25.1 Å². The zero-order valence-electron chi connectivity index (χ0n) is 22.2. The first-order valence-corrected chi connectivity index (χ1v) is 14.7. The van der Waals surface area contributed by atoms with Gasteiger partial charge < -0.3 is 9.84 Å². The molecule has 0 aliphatic carbocycles. The highest BCUT2D eigenvalue weighted by Crippen LogP contribution is 2.42. The van der Waals surface area contributed by atoms with E-state index in [9.17, 15) is 22.7 Å². The number of anilines is 1. The van der Waals surface area contributed by atoms with Gasteiger partial charge in [-0.3, -0.25) is 4.72 Å². The quantitative estimate of drug-likeness (QED) is 0.249. The number of esters is 1. The van der Waals surface area contributed by atoms with Gasteiger partial charge in [-0.05, 0) is 73.2 Å². The van der Waals surface area contributed by atoms with Crippen LogP contribution in [0.3, 0.4) is 0 Å². The highest BCUT2D eigenvalue weighted by Gasteiger charge is 2.43. The van der Waals surface area contributed by atoms with Crippen LogP contribution < -0.4 is 4.72 Å². The van der Waals surface area contributed by atoms with E-state index in [1.807, 2.05) is 44.2 Å². The molecule has 0 radical (unpaired) electrons. The van der Waals surface area contributed by atoms with Crippen molar-refractivity contribution in [3.05, 3.63) is 107 Å². The summed E-state index contributed by atoms with van der Waals surface area (Å²) in [6.45, 7) is 3.93. The number of sulfonamides is 1. The Balaban J connectivity index is 1.58. The highest BCUT2D eigenvalue weighted by molar-refractivity contribution is 7.92. The molecular weight excluding hydrogens is 517 g/mol. The lowest BCUT2D eigenvalue weighted by Gasteiger charge is -2.38. The second kappa shape index (κ2) is 12.0. The van der Waals surface area contributed by atoms with Gasteiger partial charge in [0.1, 0.15) is 17.2 Å². The van der Waals surface area contributed by atoms with E-state index in [1.165, 1.54) is 12.1 Å². The maximum Gasteiger partial charge on any atom is 0.338 e. The number of nitrogens with one attached hydrogen (secondary N) is 1. The Hall–Kier alpha value is -3.65. The number of aryl methyl sites for hydroxylation is 1. The molecule has 0 saturated heterocycles. The molecule has 0 aromatic heterocycles. The summed E-state index contributed by atoms with van der Waals surface area (Å²) in [7, 11) is -3.95. The number of halogens is 1. The fourth-order valence-corrected chi connectivity index (χ4v) is 6.33. The van der Waals surface area contributed by atoms with Crippen LogP contribution in [0.5, 0.6) is 0 Å². The third-order valence-corrected chi connectivity index (χ3v) is 8.57. The molecule has 1 aliphatic heterocycles. The van der Waals surface area contributed by atoms with Crippen LogP contribution in [0.2, 0.25) is 0 Å². The normalized spacial score (nSPS) is 18.5. The first-order valence-electron chi connectivity index (χ1n) is 13.2. The van der Waals surface area contributed by atoms with E-state index in [0.717, 1.165) is 30.5 Å². The lowest BCUT2D eigenvalue weighted by Crippen LogP contribution is -2.41. The van der Waals surface area contributed by atoms with Crippen LogP contribution in [0.1, 0.15) is 63.0 Å². The molecule has 3 aromatic carbocycles. The fraction of sp³-hybridized carbons (Fsp3) is 0.323. The number of carbonyl (C=O) groups is 1. The molecule has 4 rings (SSSR count). The van der Waals surface area contributed by atoms with Crippen molar-refractivity contribution in [1.82, 2.24) is 0 Å². The van der Waals surface area contributed by atoms with Crippen molar-refractivity contribution in [2.24, 2.45) is 0 Å². The van der Waals surface area contributed by atoms with Crippen molar-refractivity contribution in [3.8, 4) is 0 Å². The average Bonchev–Trinajstić information content (AvgIpc) is 2.90. The molecule has 39 heavy (non-hydrogen) atoms. The molecule has 0 spiro atoms. The molecule has 2 unspecified atom stereocenters. The summed E-state index contributed by atoms with van der Waals surface area (Å²) >= 11 is 0. The third-order valence-electron chi connectivity index (χ3n) is 7.17. The minimum Gasteiger partial charge on any atom is -0.512 e. The average molecular weight is 552 g/mol. The number of hydrogen-bond donors (Lipinski definition) is 2. The van der Waals surface area contributed by atoms with Crippen molar-refractivity contribution in [2.75, 3.05) is 4.72 Å². The summed E-state index contributed by atoms with van der Waals surface area (Å²) < 4.78 is 47.5. The second-order valence-corrected chi connectivity index (χ2v) is 11.7. The molecule has 0 fully saturated rings. The fourth-order valence-electron chi connectivity index (χ4n) is 5.28. The number of rotatable bonds is 11. The summed E-state index contributed by atoms with van der Waals surface area (Å²) in [5, 5.41) is 11.2. The largest absolute Gasteiger partial charge is 0.512 e. The lowest BCUT2D eigenvalue weighted by molar-refractivity contribution is -0.161. The van der Waals surface area contributed by atoms with Gasteiger partial charge in [0.25, 0.3) is 10.0 Å². The van der Waals surface area contributed by atoms with Gasteiger partial charge in [0.05, 0.1) is 10.5 Å². The minimum absolute atomic E-state index is 0.0249. The number of aliphatic hydroxyl groups is 1. The predicted molar refractivity (Wildman–Crippen MR) is 149 cm³/mol. The smallest absolute Gasteiger partial charge is 0.338 e. The van der Waals surface area contributed by atoms with Crippen LogP contribution in [0, 0.1) is 5.82 Å². The van der Waals surface area contributed by atoms with Crippen LogP contribution in [0.15, 0.2) is 95.1 Å². The van der Waals surface area contributed by atoms with Crippen molar-refractivity contribution >= 4 is 21.7 Å². The SMILES string of the molecule is CCCC1(CCc2ccccc2)CC(O)=C(C(CC)c2cccc(NS(=O)(=O)c3ccc(F)cc3)c2)C(=O)O1. The Morgan fingerprint density at radius 2 is 1.72 bits per heavy atom. The maximum absolute atomic E-state index is 13.4. The number of carbonyl (C=O) groups excluding carboxylic acids is 1. The van der Waals surface area contributed by atoms with E-state index < -0.39 is 33.3 Å². The standard InChI is InChI=1S/C31H34FNO5S/c1-3-18-31(19-17-22-9-6-5-7-10-22)21-28(34)29(30(35)38-31)27(4-2)23-11-8-12-25(20-23)33-39(36,37)26-15-13-24(32)14-16-26/h5-16,20,27,33-34H,3-4,17-19,21H2,1-2H3. The maximum atomic E-state index is 13.4. The zero-order valence-corrected chi connectivity index (χ0v) is 23.0. The number of benzene rings is 3.